The maximum absolute atomic E-state index is 12.9. The van der Waals surface area contributed by atoms with Crippen LogP contribution in [0.4, 0.5) is 5.82 Å². The molecule has 0 bridgehead atoms. The fourth-order valence-corrected chi connectivity index (χ4v) is 5.38. The second-order valence-electron chi connectivity index (χ2n) is 10.5. The molecule has 2 aromatic carbocycles. The Balaban J connectivity index is 1.61. The number of hydrogen-bond donors (Lipinski definition) is 1. The first kappa shape index (κ1) is 32.5. The zero-order chi connectivity index (χ0) is 33.1. The largest absolute Gasteiger partial charge is 0.491 e. The number of nitrogens with zero attached hydrogens (tertiary/aromatic N) is 4. The van der Waals surface area contributed by atoms with Crippen LogP contribution in [0.1, 0.15) is 29.8 Å². The Hall–Kier alpha value is -4.93. The smallest absolute Gasteiger partial charge is 0.303 e. The van der Waals surface area contributed by atoms with Gasteiger partial charge in [0.25, 0.3) is 16.0 Å². The number of esters is 2. The van der Waals surface area contributed by atoms with E-state index in [0.717, 1.165) is 32.0 Å². The van der Waals surface area contributed by atoms with E-state index in [-0.39, 0.29) is 23.6 Å². The van der Waals surface area contributed by atoms with Crippen molar-refractivity contribution in [3.8, 4) is 5.75 Å². The Morgan fingerprint density at radius 2 is 1.67 bits per heavy atom. The minimum absolute atomic E-state index is 0.0367. The van der Waals surface area contributed by atoms with Crippen LogP contribution in [0.2, 0.25) is 0 Å². The molecule has 4 aromatic rings. The number of rotatable bonds is 11. The molecule has 4 atom stereocenters. The first-order valence-electron chi connectivity index (χ1n) is 14.0. The van der Waals surface area contributed by atoms with Crippen LogP contribution < -0.4 is 10.1 Å². The van der Waals surface area contributed by atoms with E-state index in [4.69, 9.17) is 23.1 Å². The standard InChI is InChI=1S/C30H31N5O10S/c1-18-10-12-22(13-11-18)41-14-23-25(43-19(2)36)26(44-20(3)37)30(45-23,15-42-46(4,39)40)35-17-33-24-27(31-16-32-28(24)35)34-29(38)21-8-6-5-7-9-21/h5-13,16-17,23,25-26H,14-15H2,1-4H3,(H,31,32,34,38)/t23-,25-,26-,30-/m1/s1. The molecule has 1 fully saturated rings. The lowest BCUT2D eigenvalue weighted by Gasteiger charge is -2.34. The molecule has 1 saturated heterocycles. The van der Waals surface area contributed by atoms with Crippen LogP contribution >= 0.6 is 0 Å². The average molecular weight is 654 g/mol. The fraction of sp³-hybridized carbons (Fsp3) is 0.333. The molecule has 2 aromatic heterocycles. The first-order valence-corrected chi connectivity index (χ1v) is 15.8. The highest BCUT2D eigenvalue weighted by atomic mass is 32.2. The molecule has 1 amide bonds. The van der Waals surface area contributed by atoms with E-state index < -0.39 is 58.6 Å². The average Bonchev–Trinajstić information content (AvgIpc) is 3.56. The van der Waals surface area contributed by atoms with Crippen molar-refractivity contribution in [1.82, 2.24) is 19.5 Å². The Kier molecular flexibility index (Phi) is 9.32. The monoisotopic (exact) mass is 653 g/mol. The molecule has 1 aliphatic rings. The zero-order valence-corrected chi connectivity index (χ0v) is 26.1. The summed E-state index contributed by atoms with van der Waals surface area (Å²) < 4.78 is 54.8. The number of carbonyl (C=O) groups excluding carboxylic acids is 3. The normalized spacial score (nSPS) is 21.1. The molecule has 1 aliphatic heterocycles. The predicted octanol–water partition coefficient (Wildman–Crippen LogP) is 2.36. The summed E-state index contributed by atoms with van der Waals surface area (Å²) in [5.41, 5.74) is -0.516. The molecule has 1 N–H and O–H groups in total. The van der Waals surface area contributed by atoms with Crippen molar-refractivity contribution in [2.45, 2.75) is 44.8 Å². The van der Waals surface area contributed by atoms with Crippen LogP contribution in [0.15, 0.2) is 67.3 Å². The van der Waals surface area contributed by atoms with Gasteiger partial charge in [0.05, 0.1) is 12.6 Å². The van der Waals surface area contributed by atoms with Crippen LogP contribution in [0.3, 0.4) is 0 Å². The summed E-state index contributed by atoms with van der Waals surface area (Å²) in [6.45, 7) is 3.24. The highest BCUT2D eigenvalue weighted by Gasteiger charge is 2.62. The van der Waals surface area contributed by atoms with Crippen molar-refractivity contribution in [3.63, 3.8) is 0 Å². The maximum atomic E-state index is 12.9. The second kappa shape index (κ2) is 13.2. The number of benzene rings is 2. The number of hydrogen-bond acceptors (Lipinski definition) is 13. The van der Waals surface area contributed by atoms with Gasteiger partial charge in [0.15, 0.2) is 29.2 Å². The lowest BCUT2D eigenvalue weighted by atomic mass is 10.0. The zero-order valence-electron chi connectivity index (χ0n) is 25.3. The van der Waals surface area contributed by atoms with E-state index in [1.54, 1.807) is 42.5 Å². The van der Waals surface area contributed by atoms with E-state index in [1.165, 1.54) is 10.9 Å². The second-order valence-corrected chi connectivity index (χ2v) is 12.2. The van der Waals surface area contributed by atoms with E-state index in [2.05, 4.69) is 20.3 Å². The molecular formula is C30H31N5O10S. The van der Waals surface area contributed by atoms with Crippen molar-refractivity contribution in [1.29, 1.82) is 0 Å². The summed E-state index contributed by atoms with van der Waals surface area (Å²) in [7, 11) is -4.10. The molecule has 242 valence electrons. The number of amides is 1. The number of aryl methyl sites for hydroxylation is 1. The SMILES string of the molecule is CC(=O)O[C@H]1[C@@H](OC(C)=O)[C@](COS(C)(=O)=O)(n2cnc3c(NC(=O)c4ccccc4)ncnc32)O[C@@H]1COc1ccc(C)cc1. The summed E-state index contributed by atoms with van der Waals surface area (Å²) in [5.74, 6) is -1.47. The third kappa shape index (κ3) is 7.14. The van der Waals surface area contributed by atoms with Gasteiger partial charge in [-0.25, -0.2) is 15.0 Å². The van der Waals surface area contributed by atoms with Gasteiger partial charge in [-0.3, -0.25) is 23.1 Å². The third-order valence-electron chi connectivity index (χ3n) is 6.98. The molecule has 0 unspecified atom stereocenters. The van der Waals surface area contributed by atoms with Crippen molar-refractivity contribution in [2.24, 2.45) is 0 Å². The van der Waals surface area contributed by atoms with Gasteiger partial charge in [-0.05, 0) is 31.2 Å². The summed E-state index contributed by atoms with van der Waals surface area (Å²) in [5, 5.41) is 2.69. The highest BCUT2D eigenvalue weighted by Crippen LogP contribution is 2.42. The molecular weight excluding hydrogens is 622 g/mol. The molecule has 0 aliphatic carbocycles. The molecule has 0 radical (unpaired) electrons. The minimum Gasteiger partial charge on any atom is -0.491 e. The van der Waals surface area contributed by atoms with E-state index >= 15 is 0 Å². The summed E-state index contributed by atoms with van der Waals surface area (Å²) >= 11 is 0. The van der Waals surface area contributed by atoms with Gasteiger partial charge in [0.2, 0.25) is 5.72 Å². The molecule has 16 heteroatoms. The van der Waals surface area contributed by atoms with Gasteiger partial charge in [0.1, 0.15) is 31.4 Å². The number of imidazole rings is 1. The van der Waals surface area contributed by atoms with Crippen LogP contribution in [0.25, 0.3) is 11.2 Å². The van der Waals surface area contributed by atoms with E-state index in [9.17, 15) is 22.8 Å². The maximum Gasteiger partial charge on any atom is 0.303 e. The van der Waals surface area contributed by atoms with Gasteiger partial charge >= 0.3 is 11.9 Å². The minimum atomic E-state index is -4.10. The number of fused-ring (bicyclic) bond motifs is 1. The molecule has 3 heterocycles. The number of ether oxygens (including phenoxy) is 4. The molecule has 0 spiro atoms. The third-order valence-corrected chi connectivity index (χ3v) is 7.53. The Labute approximate surface area is 263 Å². The van der Waals surface area contributed by atoms with Crippen LogP contribution in [-0.4, -0.2) is 83.6 Å². The lowest BCUT2D eigenvalue weighted by molar-refractivity contribution is -0.188. The Morgan fingerprint density at radius 1 is 0.978 bits per heavy atom. The van der Waals surface area contributed by atoms with Gasteiger partial charge in [-0.1, -0.05) is 35.9 Å². The van der Waals surface area contributed by atoms with Crippen molar-refractivity contribution >= 4 is 44.9 Å². The molecule has 5 rings (SSSR count). The molecule has 46 heavy (non-hydrogen) atoms. The highest BCUT2D eigenvalue weighted by molar-refractivity contribution is 7.85. The summed E-state index contributed by atoms with van der Waals surface area (Å²) in [6, 6.07) is 15.6. The van der Waals surface area contributed by atoms with Crippen LogP contribution in [-0.2, 0) is 43.8 Å². The van der Waals surface area contributed by atoms with E-state index in [1.807, 2.05) is 19.1 Å². The van der Waals surface area contributed by atoms with E-state index in [0.29, 0.717) is 11.3 Å². The van der Waals surface area contributed by atoms with Crippen molar-refractivity contribution in [2.75, 3.05) is 24.8 Å². The van der Waals surface area contributed by atoms with Crippen molar-refractivity contribution < 1.29 is 45.9 Å². The topological polar surface area (TPSA) is 187 Å². The first-order chi connectivity index (χ1) is 21.9. The number of nitrogens with one attached hydrogen (secondary N) is 1. The lowest BCUT2D eigenvalue weighted by Crippen LogP contribution is -2.52. The van der Waals surface area contributed by atoms with Crippen LogP contribution in [0, 0.1) is 6.92 Å². The Bertz CT molecular complexity index is 1850. The summed E-state index contributed by atoms with van der Waals surface area (Å²) in [4.78, 5) is 50.6. The molecule has 0 saturated carbocycles. The number of anilines is 1. The van der Waals surface area contributed by atoms with Gasteiger partial charge < -0.3 is 24.3 Å². The summed E-state index contributed by atoms with van der Waals surface area (Å²) in [6.07, 6.45) is -0.668. The number of aromatic nitrogens is 4. The van der Waals surface area contributed by atoms with Crippen molar-refractivity contribution in [3.05, 3.63) is 78.4 Å². The predicted molar refractivity (Wildman–Crippen MR) is 161 cm³/mol. The Morgan fingerprint density at radius 3 is 2.33 bits per heavy atom. The fourth-order valence-electron chi connectivity index (χ4n) is 5.00. The quantitative estimate of drug-likeness (QED) is 0.184. The number of carbonyl (C=O) groups is 3. The molecule has 15 nitrogen and oxygen atoms in total. The van der Waals surface area contributed by atoms with Gasteiger partial charge in [-0.15, -0.1) is 0 Å². The van der Waals surface area contributed by atoms with Crippen LogP contribution in [0.5, 0.6) is 5.75 Å². The van der Waals surface area contributed by atoms with Gasteiger partial charge in [-0.2, -0.15) is 8.42 Å². The van der Waals surface area contributed by atoms with Gasteiger partial charge in [0, 0.05) is 19.4 Å².